The lowest BCUT2D eigenvalue weighted by Gasteiger charge is -2.24. The molecule has 1 amide bonds. The lowest BCUT2D eigenvalue weighted by molar-refractivity contribution is 0.0983. The second-order valence-corrected chi connectivity index (χ2v) is 13.4. The van der Waals surface area contributed by atoms with Crippen LogP contribution in [0.3, 0.4) is 0 Å². The number of aliphatic imine (C=N–C) groups is 1. The van der Waals surface area contributed by atoms with E-state index in [4.69, 9.17) is 23.9 Å². The van der Waals surface area contributed by atoms with Gasteiger partial charge in [-0.05, 0) is 65.4 Å². The van der Waals surface area contributed by atoms with Crippen molar-refractivity contribution in [2.45, 2.75) is 44.7 Å². The molecule has 0 saturated heterocycles. The smallest absolute Gasteiger partial charge is 0.260 e. The molecule has 4 aliphatic rings. The van der Waals surface area contributed by atoms with Crippen LogP contribution in [0.4, 0.5) is 22.7 Å². The molecular weight excluding hydrogens is 640 g/mol. The Kier molecular flexibility index (Phi) is 7.75. The van der Waals surface area contributed by atoms with Gasteiger partial charge in [0.05, 0.1) is 43.2 Å². The van der Waals surface area contributed by atoms with Crippen molar-refractivity contribution in [3.8, 4) is 23.0 Å². The van der Waals surface area contributed by atoms with E-state index in [0.29, 0.717) is 48.3 Å². The van der Waals surface area contributed by atoms with Crippen LogP contribution in [-0.4, -0.2) is 45.0 Å². The van der Waals surface area contributed by atoms with E-state index in [0.717, 1.165) is 53.1 Å². The molecule has 4 heterocycles. The fraction of sp³-hybridized carbons (Fsp3) is 0.238. The Balaban J connectivity index is 0.892. The largest absolute Gasteiger partial charge is 0.493 e. The molecule has 0 bridgehead atoms. The number of hydrogen-bond acceptors (Lipinski definition) is 8. The van der Waals surface area contributed by atoms with Crippen molar-refractivity contribution in [2.75, 3.05) is 35.9 Å². The number of hydrogen-bond donors (Lipinski definition) is 1. The summed E-state index contributed by atoms with van der Waals surface area (Å²) in [6.45, 7) is 2.07. The average Bonchev–Trinajstić information content (AvgIpc) is 3.61. The number of carbonyl (C=O) groups is 1. The SMILES string of the molecule is COc1cc2c(cc1OCc1cccc(COc3cc4c(cc3OC)C(=O)N3c5ccccc5C[C@H]3CN4)c1)N=C[C@@H]1Cc3ccccc3N1C2. The van der Waals surface area contributed by atoms with Crippen molar-refractivity contribution >= 4 is 34.9 Å². The zero-order chi connectivity index (χ0) is 34.5. The number of para-hydroxylation sites is 2. The van der Waals surface area contributed by atoms with Gasteiger partial charge in [0, 0.05) is 48.4 Å². The van der Waals surface area contributed by atoms with Gasteiger partial charge in [0.2, 0.25) is 0 Å². The number of methoxy groups -OCH3 is 2. The summed E-state index contributed by atoms with van der Waals surface area (Å²) in [4.78, 5) is 23.0. The quantitative estimate of drug-likeness (QED) is 0.182. The Labute approximate surface area is 297 Å². The van der Waals surface area contributed by atoms with Crippen molar-refractivity contribution in [3.05, 3.63) is 130 Å². The molecular formula is C42H38N4O5. The number of fused-ring (bicyclic) bond motifs is 8. The van der Waals surface area contributed by atoms with E-state index in [1.165, 1.54) is 16.8 Å². The fourth-order valence-electron chi connectivity index (χ4n) is 7.82. The topological polar surface area (TPSA) is 84.9 Å². The molecule has 1 N–H and O–H groups in total. The van der Waals surface area contributed by atoms with Crippen LogP contribution in [0.5, 0.6) is 23.0 Å². The van der Waals surface area contributed by atoms with Crippen LogP contribution in [0.2, 0.25) is 0 Å². The minimum atomic E-state index is -0.0356. The summed E-state index contributed by atoms with van der Waals surface area (Å²) < 4.78 is 24.2. The van der Waals surface area contributed by atoms with E-state index >= 15 is 0 Å². The van der Waals surface area contributed by atoms with Crippen LogP contribution >= 0.6 is 0 Å². The Hall–Kier alpha value is -5.96. The minimum Gasteiger partial charge on any atom is -0.493 e. The monoisotopic (exact) mass is 678 g/mol. The highest BCUT2D eigenvalue weighted by atomic mass is 16.5. The van der Waals surface area contributed by atoms with Crippen LogP contribution in [0.15, 0.2) is 102 Å². The van der Waals surface area contributed by atoms with Crippen LogP contribution in [0, 0.1) is 0 Å². The highest BCUT2D eigenvalue weighted by molar-refractivity contribution is 6.12. The summed E-state index contributed by atoms with van der Waals surface area (Å²) in [6, 6.07) is 32.8. The van der Waals surface area contributed by atoms with Gasteiger partial charge < -0.3 is 34.1 Å². The first-order chi connectivity index (χ1) is 25.1. The first-order valence-electron chi connectivity index (χ1n) is 17.4. The second kappa shape index (κ2) is 12.7. The molecule has 5 aromatic rings. The van der Waals surface area contributed by atoms with Gasteiger partial charge >= 0.3 is 0 Å². The maximum atomic E-state index is 13.8. The lowest BCUT2D eigenvalue weighted by atomic mass is 10.1. The third-order valence-electron chi connectivity index (χ3n) is 10.4. The first kappa shape index (κ1) is 31.1. The minimum absolute atomic E-state index is 0.0356. The number of rotatable bonds is 8. The molecule has 0 aromatic heterocycles. The van der Waals surface area contributed by atoms with E-state index < -0.39 is 0 Å². The molecule has 9 nitrogen and oxygen atoms in total. The number of nitrogens with one attached hydrogen (secondary N) is 1. The van der Waals surface area contributed by atoms with Gasteiger partial charge in [0.1, 0.15) is 13.2 Å². The highest BCUT2D eigenvalue weighted by Crippen LogP contribution is 2.42. The summed E-state index contributed by atoms with van der Waals surface area (Å²) in [5.74, 6) is 2.38. The molecule has 9 rings (SSSR count). The summed E-state index contributed by atoms with van der Waals surface area (Å²) in [5.41, 5.74) is 10.1. The van der Waals surface area contributed by atoms with Crippen molar-refractivity contribution in [1.29, 1.82) is 0 Å². The number of ether oxygens (including phenoxy) is 4. The van der Waals surface area contributed by atoms with Gasteiger partial charge in [-0.1, -0.05) is 54.6 Å². The second-order valence-electron chi connectivity index (χ2n) is 13.4. The normalized spacial score (nSPS) is 17.9. The summed E-state index contributed by atoms with van der Waals surface area (Å²) in [6.07, 6.45) is 3.84. The van der Waals surface area contributed by atoms with Crippen molar-refractivity contribution < 1.29 is 23.7 Å². The number of carbonyl (C=O) groups excluding carboxylic acids is 1. The molecule has 0 spiro atoms. The Bertz CT molecular complexity index is 2200. The van der Waals surface area contributed by atoms with Gasteiger partial charge in [-0.3, -0.25) is 9.79 Å². The van der Waals surface area contributed by atoms with Crippen LogP contribution in [-0.2, 0) is 32.6 Å². The number of benzene rings is 5. The maximum Gasteiger partial charge on any atom is 0.260 e. The lowest BCUT2D eigenvalue weighted by Crippen LogP contribution is -2.39. The molecule has 0 radical (unpaired) electrons. The van der Waals surface area contributed by atoms with Crippen LogP contribution < -0.4 is 34.1 Å². The van der Waals surface area contributed by atoms with E-state index in [2.05, 4.69) is 58.9 Å². The van der Waals surface area contributed by atoms with Gasteiger partial charge in [-0.15, -0.1) is 0 Å². The molecule has 2 atom stereocenters. The van der Waals surface area contributed by atoms with E-state index in [9.17, 15) is 4.79 Å². The van der Waals surface area contributed by atoms with Gasteiger partial charge in [-0.25, -0.2) is 0 Å². The zero-order valence-electron chi connectivity index (χ0n) is 28.6. The Morgan fingerprint density at radius 3 is 2.18 bits per heavy atom. The molecule has 5 aromatic carbocycles. The van der Waals surface area contributed by atoms with Gasteiger partial charge in [0.25, 0.3) is 5.91 Å². The van der Waals surface area contributed by atoms with E-state index in [1.807, 2.05) is 53.4 Å². The average molecular weight is 679 g/mol. The van der Waals surface area contributed by atoms with E-state index in [1.54, 1.807) is 20.3 Å². The Morgan fingerprint density at radius 1 is 0.725 bits per heavy atom. The van der Waals surface area contributed by atoms with Gasteiger partial charge in [-0.2, -0.15) is 0 Å². The predicted octanol–water partition coefficient (Wildman–Crippen LogP) is 7.51. The molecule has 0 fully saturated rings. The Morgan fingerprint density at radius 2 is 1.41 bits per heavy atom. The number of amides is 1. The fourth-order valence-corrected chi connectivity index (χ4v) is 7.82. The van der Waals surface area contributed by atoms with Crippen molar-refractivity contribution in [3.63, 3.8) is 0 Å². The van der Waals surface area contributed by atoms with Crippen molar-refractivity contribution in [2.24, 2.45) is 4.99 Å². The first-order valence-corrected chi connectivity index (χ1v) is 17.4. The molecule has 51 heavy (non-hydrogen) atoms. The van der Waals surface area contributed by atoms with E-state index in [-0.39, 0.29) is 18.0 Å². The van der Waals surface area contributed by atoms with Crippen LogP contribution in [0.1, 0.15) is 38.2 Å². The summed E-state index contributed by atoms with van der Waals surface area (Å²) in [5, 5.41) is 3.50. The van der Waals surface area contributed by atoms with Crippen LogP contribution in [0.25, 0.3) is 0 Å². The molecule has 0 aliphatic carbocycles. The zero-order valence-corrected chi connectivity index (χ0v) is 28.6. The van der Waals surface area contributed by atoms with Crippen molar-refractivity contribution in [1.82, 2.24) is 0 Å². The predicted molar refractivity (Wildman–Crippen MR) is 199 cm³/mol. The molecule has 0 unspecified atom stereocenters. The molecule has 0 saturated carbocycles. The standard InChI is InChI=1S/C42H38N4O5/c1-48-38-17-30-23-45-31(15-28-10-3-5-12-36(28)45)21-43-34(30)19-40(38)50-24-26-8-7-9-27(14-26)25-51-41-20-35-33(18-39(41)49-2)42(47)46-32(22-44-35)16-29-11-4-6-13-37(29)46/h3-14,17-21,31-32,44H,15-16,22-25H2,1-2H3/t31-,32-/m0/s1. The van der Waals surface area contributed by atoms with Gasteiger partial charge in [0.15, 0.2) is 23.0 Å². The molecule has 4 aliphatic heterocycles. The number of anilines is 3. The third-order valence-corrected chi connectivity index (χ3v) is 10.4. The maximum absolute atomic E-state index is 13.8. The third kappa shape index (κ3) is 5.59. The molecule has 256 valence electrons. The summed E-state index contributed by atoms with van der Waals surface area (Å²) >= 11 is 0. The summed E-state index contributed by atoms with van der Waals surface area (Å²) in [7, 11) is 3.27. The highest BCUT2D eigenvalue weighted by Gasteiger charge is 2.38. The number of nitrogens with zero attached hydrogens (tertiary/aromatic N) is 3. The molecule has 9 heteroatoms.